The number of halogens is 2. The second-order valence-electron chi connectivity index (χ2n) is 7.39. The SMILES string of the molecule is CS(=O)(=O)N(CCCC(=O)Nc1ccc2c(c1)oc1ccccc12)c1ccc(Br)cc1F. The summed E-state index contributed by atoms with van der Waals surface area (Å²) in [4.78, 5) is 12.4. The Morgan fingerprint density at radius 2 is 1.81 bits per heavy atom. The minimum atomic E-state index is -3.71. The largest absolute Gasteiger partial charge is 0.456 e. The van der Waals surface area contributed by atoms with E-state index in [2.05, 4.69) is 21.2 Å². The third-order valence-corrected chi connectivity index (χ3v) is 6.68. The lowest BCUT2D eigenvalue weighted by Gasteiger charge is -2.23. The summed E-state index contributed by atoms with van der Waals surface area (Å²) in [5.41, 5.74) is 1.97. The lowest BCUT2D eigenvalue weighted by molar-refractivity contribution is -0.116. The summed E-state index contributed by atoms with van der Waals surface area (Å²) in [6.45, 7) is -0.0204. The molecule has 0 aliphatic heterocycles. The molecule has 1 heterocycles. The maximum Gasteiger partial charge on any atom is 0.232 e. The number of carbonyl (C=O) groups is 1. The molecule has 6 nitrogen and oxygen atoms in total. The van der Waals surface area contributed by atoms with Crippen LogP contribution < -0.4 is 9.62 Å². The molecule has 4 rings (SSSR count). The quantitative estimate of drug-likeness (QED) is 0.341. The maximum atomic E-state index is 14.3. The van der Waals surface area contributed by atoms with Gasteiger partial charge in [-0.2, -0.15) is 0 Å². The van der Waals surface area contributed by atoms with Crippen molar-refractivity contribution in [2.24, 2.45) is 0 Å². The van der Waals surface area contributed by atoms with Crippen molar-refractivity contribution in [2.45, 2.75) is 12.8 Å². The molecule has 1 N–H and O–H groups in total. The summed E-state index contributed by atoms with van der Waals surface area (Å²) in [7, 11) is -3.71. The molecule has 4 aromatic rings. The Bertz CT molecular complexity index is 1420. The van der Waals surface area contributed by atoms with E-state index in [4.69, 9.17) is 4.42 Å². The van der Waals surface area contributed by atoms with E-state index < -0.39 is 15.8 Å². The molecule has 0 spiro atoms. The van der Waals surface area contributed by atoms with Crippen LogP contribution >= 0.6 is 15.9 Å². The fraction of sp³-hybridized carbons (Fsp3) is 0.174. The first-order chi connectivity index (χ1) is 15.2. The van der Waals surface area contributed by atoms with Crippen LogP contribution in [0.1, 0.15) is 12.8 Å². The Kier molecular flexibility index (Phi) is 6.21. The molecule has 3 aromatic carbocycles. The number of carbonyl (C=O) groups excluding carboxylic acids is 1. The van der Waals surface area contributed by atoms with Crippen molar-refractivity contribution in [1.29, 1.82) is 0 Å². The van der Waals surface area contributed by atoms with Crippen molar-refractivity contribution in [3.63, 3.8) is 0 Å². The minimum Gasteiger partial charge on any atom is -0.456 e. The summed E-state index contributed by atoms with van der Waals surface area (Å²) in [6.07, 6.45) is 1.31. The van der Waals surface area contributed by atoms with Gasteiger partial charge in [0.25, 0.3) is 0 Å². The van der Waals surface area contributed by atoms with Gasteiger partial charge in [-0.15, -0.1) is 0 Å². The molecular formula is C23H20BrFN2O4S. The summed E-state index contributed by atoms with van der Waals surface area (Å²) in [6, 6.07) is 17.3. The number of hydrogen-bond acceptors (Lipinski definition) is 4. The van der Waals surface area contributed by atoms with Gasteiger partial charge in [0, 0.05) is 40.0 Å². The van der Waals surface area contributed by atoms with Crippen LogP contribution in [0.3, 0.4) is 0 Å². The number of sulfonamides is 1. The maximum absolute atomic E-state index is 14.3. The molecule has 9 heteroatoms. The molecule has 1 aromatic heterocycles. The molecule has 166 valence electrons. The molecule has 0 saturated heterocycles. The minimum absolute atomic E-state index is 0.0204. The van der Waals surface area contributed by atoms with Gasteiger partial charge in [-0.3, -0.25) is 9.10 Å². The summed E-state index contributed by atoms with van der Waals surface area (Å²) >= 11 is 3.16. The predicted octanol–water partition coefficient (Wildman–Crippen LogP) is 5.67. The number of rotatable bonds is 7. The fourth-order valence-corrected chi connectivity index (χ4v) is 4.86. The monoisotopic (exact) mass is 518 g/mol. The van der Waals surface area contributed by atoms with Crippen molar-refractivity contribution in [3.05, 3.63) is 71.0 Å². The van der Waals surface area contributed by atoms with Crippen molar-refractivity contribution in [3.8, 4) is 0 Å². The molecule has 0 fully saturated rings. The highest BCUT2D eigenvalue weighted by atomic mass is 79.9. The Hall–Kier alpha value is -2.91. The predicted molar refractivity (Wildman–Crippen MR) is 128 cm³/mol. The van der Waals surface area contributed by atoms with E-state index >= 15 is 0 Å². The van der Waals surface area contributed by atoms with Crippen LogP contribution in [0, 0.1) is 5.82 Å². The Morgan fingerprint density at radius 3 is 2.56 bits per heavy atom. The number of amides is 1. The first-order valence-corrected chi connectivity index (χ1v) is 12.5. The summed E-state index contributed by atoms with van der Waals surface area (Å²) in [5, 5.41) is 4.76. The second kappa shape index (κ2) is 8.91. The van der Waals surface area contributed by atoms with Crippen LogP contribution in [0.5, 0.6) is 0 Å². The number of nitrogens with one attached hydrogen (secondary N) is 1. The van der Waals surface area contributed by atoms with Crippen molar-refractivity contribution in [2.75, 3.05) is 22.4 Å². The van der Waals surface area contributed by atoms with E-state index in [9.17, 15) is 17.6 Å². The Labute approximate surface area is 193 Å². The molecule has 0 unspecified atom stereocenters. The van der Waals surface area contributed by atoms with Gasteiger partial charge < -0.3 is 9.73 Å². The number of benzene rings is 3. The van der Waals surface area contributed by atoms with Crippen LogP contribution in [0.25, 0.3) is 21.9 Å². The van der Waals surface area contributed by atoms with Gasteiger partial charge in [-0.1, -0.05) is 34.1 Å². The lowest BCUT2D eigenvalue weighted by atomic mass is 10.1. The average molecular weight is 519 g/mol. The number of anilines is 2. The molecule has 0 radical (unpaired) electrons. The smallest absolute Gasteiger partial charge is 0.232 e. The van der Waals surface area contributed by atoms with Crippen molar-refractivity contribution in [1.82, 2.24) is 0 Å². The molecule has 0 atom stereocenters. The van der Waals surface area contributed by atoms with Crippen LogP contribution in [0.15, 0.2) is 69.6 Å². The van der Waals surface area contributed by atoms with E-state index in [0.29, 0.717) is 15.7 Å². The number of para-hydroxylation sites is 1. The zero-order chi connectivity index (χ0) is 22.9. The number of nitrogens with zero attached hydrogens (tertiary/aromatic N) is 1. The zero-order valence-corrected chi connectivity index (χ0v) is 19.5. The second-order valence-corrected chi connectivity index (χ2v) is 10.2. The average Bonchev–Trinajstić information content (AvgIpc) is 3.09. The third kappa shape index (κ3) is 4.78. The van der Waals surface area contributed by atoms with Crippen molar-refractivity contribution < 1.29 is 22.0 Å². The van der Waals surface area contributed by atoms with E-state index in [1.165, 1.54) is 12.1 Å². The highest BCUT2D eigenvalue weighted by Crippen LogP contribution is 2.30. The molecular weight excluding hydrogens is 499 g/mol. The highest BCUT2D eigenvalue weighted by molar-refractivity contribution is 9.10. The lowest BCUT2D eigenvalue weighted by Crippen LogP contribution is -2.32. The van der Waals surface area contributed by atoms with Crippen LogP contribution in [-0.4, -0.2) is 27.1 Å². The first-order valence-electron chi connectivity index (χ1n) is 9.86. The first kappa shape index (κ1) is 22.3. The topological polar surface area (TPSA) is 79.6 Å². The van der Waals surface area contributed by atoms with E-state index in [-0.39, 0.29) is 31.0 Å². The molecule has 0 saturated carbocycles. The van der Waals surface area contributed by atoms with Gasteiger partial charge in [0.2, 0.25) is 15.9 Å². The van der Waals surface area contributed by atoms with Gasteiger partial charge in [0.05, 0.1) is 11.9 Å². The number of fused-ring (bicyclic) bond motifs is 3. The molecule has 32 heavy (non-hydrogen) atoms. The van der Waals surface area contributed by atoms with Gasteiger partial charge >= 0.3 is 0 Å². The van der Waals surface area contributed by atoms with E-state index in [0.717, 1.165) is 26.9 Å². The van der Waals surface area contributed by atoms with Gasteiger partial charge in [0.15, 0.2) is 0 Å². The molecule has 0 aliphatic carbocycles. The third-order valence-electron chi connectivity index (χ3n) is 5.01. The van der Waals surface area contributed by atoms with Crippen LogP contribution in [-0.2, 0) is 14.8 Å². The summed E-state index contributed by atoms with van der Waals surface area (Å²) < 4.78 is 45.9. The van der Waals surface area contributed by atoms with Gasteiger partial charge in [0.1, 0.15) is 17.0 Å². The standard InChI is InChI=1S/C23H20BrFN2O4S/c1-32(29,30)27(20-11-8-15(24)13-19(20)25)12-4-7-23(28)26-16-9-10-18-17-5-2-3-6-21(17)31-22(18)14-16/h2-3,5-6,8-11,13-14H,4,7,12H2,1H3,(H,26,28). The zero-order valence-electron chi connectivity index (χ0n) is 17.1. The highest BCUT2D eigenvalue weighted by Gasteiger charge is 2.21. The molecule has 0 bridgehead atoms. The normalized spacial score (nSPS) is 11.7. The number of furan rings is 1. The molecule has 0 aliphatic rings. The van der Waals surface area contributed by atoms with Crippen LogP contribution in [0.2, 0.25) is 0 Å². The Morgan fingerprint density at radius 1 is 1.06 bits per heavy atom. The van der Waals surface area contributed by atoms with Gasteiger partial charge in [-0.05, 0) is 42.8 Å². The van der Waals surface area contributed by atoms with Crippen molar-refractivity contribution >= 4 is 65.2 Å². The van der Waals surface area contributed by atoms with E-state index in [1.54, 1.807) is 18.2 Å². The van der Waals surface area contributed by atoms with E-state index in [1.807, 2.05) is 30.3 Å². The number of hydrogen-bond donors (Lipinski definition) is 1. The summed E-state index contributed by atoms with van der Waals surface area (Å²) in [5.74, 6) is -0.932. The molecule has 1 amide bonds. The Balaban J connectivity index is 1.42. The van der Waals surface area contributed by atoms with Crippen LogP contribution in [0.4, 0.5) is 15.8 Å². The van der Waals surface area contributed by atoms with Gasteiger partial charge in [-0.25, -0.2) is 12.8 Å². The fourth-order valence-electron chi connectivity index (χ4n) is 3.56.